The summed E-state index contributed by atoms with van der Waals surface area (Å²) in [5.74, 6) is -6.05. The smallest absolute Gasteiger partial charge is 0.180 e. The summed E-state index contributed by atoms with van der Waals surface area (Å²) in [6.07, 6.45) is 0.936. The molecule has 6 heteroatoms. The van der Waals surface area contributed by atoms with Crippen molar-refractivity contribution < 1.29 is 17.6 Å². The van der Waals surface area contributed by atoms with Crippen LogP contribution in [0.3, 0.4) is 0 Å². The average Bonchev–Trinajstić information content (AvgIpc) is 2.98. The third-order valence-corrected chi connectivity index (χ3v) is 3.05. The molecule has 1 aromatic carbocycles. The molecule has 1 saturated carbocycles. The Kier molecular flexibility index (Phi) is 2.62. The van der Waals surface area contributed by atoms with Gasteiger partial charge in [0.2, 0.25) is 0 Å². The molecule has 0 aromatic heterocycles. The summed E-state index contributed by atoms with van der Waals surface area (Å²) in [5.41, 5.74) is 4.23. The van der Waals surface area contributed by atoms with E-state index in [2.05, 4.69) is 0 Å². The van der Waals surface area contributed by atoms with Crippen LogP contribution in [-0.2, 0) is 6.42 Å². The largest absolute Gasteiger partial charge is 0.325 e. The van der Waals surface area contributed by atoms with E-state index < -0.39 is 39.4 Å². The number of halogens is 5. The first-order valence-corrected chi connectivity index (χ1v) is 5.03. The number of hydrogen-bond acceptors (Lipinski definition) is 1. The molecular formula is C10H8ClF4N. The molecule has 1 nitrogen and oxygen atoms in total. The van der Waals surface area contributed by atoms with Gasteiger partial charge >= 0.3 is 0 Å². The van der Waals surface area contributed by atoms with E-state index in [4.69, 9.17) is 17.3 Å². The van der Waals surface area contributed by atoms with E-state index in [1.807, 2.05) is 0 Å². The summed E-state index contributed by atoms with van der Waals surface area (Å²) < 4.78 is 52.8. The molecular weight excluding hydrogens is 246 g/mol. The molecule has 16 heavy (non-hydrogen) atoms. The van der Waals surface area contributed by atoms with Crippen molar-refractivity contribution in [2.24, 2.45) is 5.73 Å². The van der Waals surface area contributed by atoms with Gasteiger partial charge in [-0.15, -0.1) is 0 Å². The van der Waals surface area contributed by atoms with Crippen LogP contribution in [0.25, 0.3) is 0 Å². The van der Waals surface area contributed by atoms with Gasteiger partial charge in [-0.25, -0.2) is 17.6 Å². The molecule has 2 rings (SSSR count). The zero-order valence-electron chi connectivity index (χ0n) is 8.09. The maximum atomic E-state index is 13.3. The van der Waals surface area contributed by atoms with Gasteiger partial charge in [0.05, 0.1) is 0 Å². The van der Waals surface area contributed by atoms with E-state index in [1.165, 1.54) is 0 Å². The number of nitrogens with two attached hydrogens (primary N) is 1. The Labute approximate surface area is 94.2 Å². The summed E-state index contributed by atoms with van der Waals surface area (Å²) in [6, 6.07) is 0. The maximum absolute atomic E-state index is 13.3. The Balaban J connectivity index is 2.51. The summed E-state index contributed by atoms with van der Waals surface area (Å²) in [5, 5.41) is -1.17. The van der Waals surface area contributed by atoms with Crippen LogP contribution in [-0.4, -0.2) is 5.54 Å². The molecule has 0 unspecified atom stereocenters. The second kappa shape index (κ2) is 3.60. The zero-order chi connectivity index (χ0) is 12.1. The molecule has 0 spiro atoms. The minimum absolute atomic E-state index is 0.227. The van der Waals surface area contributed by atoms with Gasteiger partial charge in [-0.05, 0) is 19.3 Å². The Hall–Kier alpha value is -0.810. The van der Waals surface area contributed by atoms with Crippen LogP contribution < -0.4 is 5.73 Å². The molecule has 1 aliphatic rings. The quantitative estimate of drug-likeness (QED) is 0.490. The summed E-state index contributed by atoms with van der Waals surface area (Å²) in [6.45, 7) is 0. The van der Waals surface area contributed by atoms with Crippen LogP contribution in [0.15, 0.2) is 0 Å². The molecule has 1 aromatic rings. The van der Waals surface area contributed by atoms with Gasteiger partial charge in [0.1, 0.15) is 5.02 Å². The lowest BCUT2D eigenvalue weighted by Crippen LogP contribution is -2.26. The molecule has 0 saturated heterocycles. The van der Waals surface area contributed by atoms with Crippen molar-refractivity contribution in [2.45, 2.75) is 24.8 Å². The van der Waals surface area contributed by atoms with E-state index in [9.17, 15) is 17.6 Å². The first-order chi connectivity index (χ1) is 7.36. The second-order valence-electron chi connectivity index (χ2n) is 4.09. The Morgan fingerprint density at radius 3 is 1.81 bits per heavy atom. The average molecular weight is 254 g/mol. The standard InChI is InChI=1S/C10H8ClF4N/c11-5-8(14)6(12)4(7(13)9(5)15)3-10(16)1-2-10/h1-3,16H2. The van der Waals surface area contributed by atoms with Crippen LogP contribution in [0.2, 0.25) is 5.02 Å². The third-order valence-electron chi connectivity index (χ3n) is 2.72. The third kappa shape index (κ3) is 1.78. The molecule has 0 atom stereocenters. The Bertz CT molecular complexity index is 428. The summed E-state index contributed by atoms with van der Waals surface area (Å²) in [7, 11) is 0. The number of benzene rings is 1. The van der Waals surface area contributed by atoms with Gasteiger partial charge in [-0.2, -0.15) is 0 Å². The Morgan fingerprint density at radius 2 is 1.44 bits per heavy atom. The molecule has 1 aliphatic carbocycles. The van der Waals surface area contributed by atoms with Gasteiger partial charge in [-0.3, -0.25) is 0 Å². The van der Waals surface area contributed by atoms with Crippen molar-refractivity contribution >= 4 is 11.6 Å². The van der Waals surface area contributed by atoms with Crippen LogP contribution in [0, 0.1) is 23.3 Å². The summed E-state index contributed by atoms with van der Waals surface area (Å²) >= 11 is 5.09. The highest BCUT2D eigenvalue weighted by Crippen LogP contribution is 2.38. The fraction of sp³-hybridized carbons (Fsp3) is 0.400. The molecule has 1 fully saturated rings. The van der Waals surface area contributed by atoms with Crippen LogP contribution in [0.1, 0.15) is 18.4 Å². The molecule has 0 bridgehead atoms. The molecule has 0 heterocycles. The molecule has 0 radical (unpaired) electrons. The van der Waals surface area contributed by atoms with Gasteiger partial charge < -0.3 is 5.73 Å². The van der Waals surface area contributed by atoms with E-state index in [0.717, 1.165) is 0 Å². The predicted molar refractivity (Wildman–Crippen MR) is 51.1 cm³/mol. The highest BCUT2D eigenvalue weighted by molar-refractivity contribution is 6.30. The van der Waals surface area contributed by atoms with Crippen LogP contribution >= 0.6 is 11.6 Å². The number of hydrogen-bond donors (Lipinski definition) is 1. The van der Waals surface area contributed by atoms with Crippen molar-refractivity contribution in [3.8, 4) is 0 Å². The maximum Gasteiger partial charge on any atom is 0.180 e. The van der Waals surface area contributed by atoms with E-state index in [1.54, 1.807) is 0 Å². The molecule has 88 valence electrons. The lowest BCUT2D eigenvalue weighted by Gasteiger charge is -2.12. The zero-order valence-corrected chi connectivity index (χ0v) is 8.84. The van der Waals surface area contributed by atoms with Gasteiger partial charge in [0.25, 0.3) is 0 Å². The highest BCUT2D eigenvalue weighted by atomic mass is 35.5. The van der Waals surface area contributed by atoms with E-state index >= 15 is 0 Å². The lowest BCUT2D eigenvalue weighted by molar-refractivity contribution is 0.432. The SMILES string of the molecule is NC1(Cc2c(F)c(F)c(Cl)c(F)c2F)CC1. The lowest BCUT2D eigenvalue weighted by atomic mass is 10.0. The van der Waals surface area contributed by atoms with Crippen molar-refractivity contribution in [1.82, 2.24) is 0 Å². The van der Waals surface area contributed by atoms with Crippen molar-refractivity contribution in [2.75, 3.05) is 0 Å². The van der Waals surface area contributed by atoms with Crippen molar-refractivity contribution in [3.05, 3.63) is 33.9 Å². The van der Waals surface area contributed by atoms with Gasteiger partial charge in [-0.1, -0.05) is 11.6 Å². The fourth-order valence-electron chi connectivity index (χ4n) is 1.49. The molecule has 2 N–H and O–H groups in total. The predicted octanol–water partition coefficient (Wildman–Crippen LogP) is 2.93. The first-order valence-electron chi connectivity index (χ1n) is 4.65. The first kappa shape index (κ1) is 11.7. The highest BCUT2D eigenvalue weighted by Gasteiger charge is 2.40. The fourth-order valence-corrected chi connectivity index (χ4v) is 1.66. The molecule has 0 aliphatic heterocycles. The Morgan fingerprint density at radius 1 is 1.00 bits per heavy atom. The van der Waals surface area contributed by atoms with Crippen molar-refractivity contribution in [3.63, 3.8) is 0 Å². The van der Waals surface area contributed by atoms with Crippen LogP contribution in [0.4, 0.5) is 17.6 Å². The molecule has 0 amide bonds. The van der Waals surface area contributed by atoms with Crippen molar-refractivity contribution in [1.29, 1.82) is 0 Å². The van der Waals surface area contributed by atoms with E-state index in [-0.39, 0.29) is 6.42 Å². The van der Waals surface area contributed by atoms with Gasteiger partial charge in [0.15, 0.2) is 23.3 Å². The normalized spacial score (nSPS) is 17.6. The second-order valence-corrected chi connectivity index (χ2v) is 4.47. The minimum atomic E-state index is -1.57. The number of rotatable bonds is 2. The van der Waals surface area contributed by atoms with E-state index in [0.29, 0.717) is 12.8 Å². The van der Waals surface area contributed by atoms with Gasteiger partial charge in [0, 0.05) is 11.1 Å². The van der Waals surface area contributed by atoms with Crippen LogP contribution in [0.5, 0.6) is 0 Å². The minimum Gasteiger partial charge on any atom is -0.325 e. The monoisotopic (exact) mass is 253 g/mol. The topological polar surface area (TPSA) is 26.0 Å². The summed E-state index contributed by atoms with van der Waals surface area (Å²) in [4.78, 5) is 0.